The highest BCUT2D eigenvalue weighted by molar-refractivity contribution is 7.98. The van der Waals surface area contributed by atoms with Gasteiger partial charge >= 0.3 is 0 Å². The molecule has 0 aromatic carbocycles. The summed E-state index contributed by atoms with van der Waals surface area (Å²) in [5.41, 5.74) is 5.51. The van der Waals surface area contributed by atoms with Gasteiger partial charge in [0.25, 0.3) is 12.4 Å². The minimum absolute atomic E-state index is 0.374. The lowest BCUT2D eigenvalue weighted by atomic mass is 10.0. The largest absolute Gasteiger partial charge is 0.463 e. The Labute approximate surface area is 204 Å². The van der Waals surface area contributed by atoms with Crippen molar-refractivity contribution in [2.75, 3.05) is 32.4 Å². The van der Waals surface area contributed by atoms with Crippen LogP contribution in [0.4, 0.5) is 0 Å². The number of thioether (sulfide) groups is 1. The number of hydrogen-bond acceptors (Lipinski definition) is 11. The van der Waals surface area contributed by atoms with Crippen LogP contribution in [0.2, 0.25) is 0 Å². The van der Waals surface area contributed by atoms with Crippen LogP contribution in [-0.4, -0.2) is 42.3 Å². The van der Waals surface area contributed by atoms with Gasteiger partial charge in [-0.15, -0.1) is 0 Å². The fourth-order valence-electron chi connectivity index (χ4n) is 2.85. The predicted molar refractivity (Wildman–Crippen MR) is 134 cm³/mol. The second kappa shape index (κ2) is 15.8. The maximum absolute atomic E-state index is 10.9. The van der Waals surface area contributed by atoms with Gasteiger partial charge in [0, 0.05) is 32.4 Å². The van der Waals surface area contributed by atoms with Crippen LogP contribution < -0.4 is 27.0 Å². The average molecular weight is 500 g/mol. The second-order valence-electron chi connectivity index (χ2n) is 8.14. The number of nitro groups is 2. The average Bonchev–Trinajstić information content (AvgIpc) is 3.23. The molecule has 1 heterocycles. The van der Waals surface area contributed by atoms with Crippen LogP contribution in [-0.2, 0) is 11.3 Å². The normalized spacial score (nSPS) is 12.4. The number of nitrogens with zero attached hydrogens (tertiary/aromatic N) is 2. The first-order valence-electron chi connectivity index (χ1n) is 11.2. The molecule has 0 bridgehead atoms. The van der Waals surface area contributed by atoms with Gasteiger partial charge in [-0.05, 0) is 38.8 Å². The van der Waals surface area contributed by atoms with Gasteiger partial charge in [-0.1, -0.05) is 12.8 Å². The van der Waals surface area contributed by atoms with Crippen LogP contribution in [0, 0.1) is 20.2 Å². The van der Waals surface area contributed by atoms with E-state index >= 15 is 0 Å². The zero-order valence-electron chi connectivity index (χ0n) is 20.1. The molecule has 0 saturated carbocycles. The van der Waals surface area contributed by atoms with Crippen LogP contribution in [0.25, 0.3) is 0 Å². The standard InChI is InChI=1S/C21H37N7O5S/c1-21(2,22)18-9-8-17(33-18)16-34-13-12-26-20(15-28(31)32)25-11-7-5-4-6-10-24-19(23-3)14-27(29)30/h8-9,14-15,23-26H,4-7,10-13,16,22H2,1-3H3/b19-14+,20-15+. The Hall–Kier alpha value is -2.93. The molecule has 34 heavy (non-hydrogen) atoms. The van der Waals surface area contributed by atoms with Crippen LogP contribution in [0.3, 0.4) is 0 Å². The highest BCUT2D eigenvalue weighted by Gasteiger charge is 2.18. The summed E-state index contributed by atoms with van der Waals surface area (Å²) in [7, 11) is 1.62. The van der Waals surface area contributed by atoms with E-state index in [9.17, 15) is 20.2 Å². The molecule has 0 amide bonds. The summed E-state index contributed by atoms with van der Waals surface area (Å²) in [5, 5.41) is 33.2. The van der Waals surface area contributed by atoms with Crippen LogP contribution >= 0.6 is 11.8 Å². The van der Waals surface area contributed by atoms with Crippen LogP contribution in [0.1, 0.15) is 51.1 Å². The van der Waals surface area contributed by atoms with E-state index in [1.165, 1.54) is 0 Å². The molecule has 0 unspecified atom stereocenters. The topological polar surface area (TPSA) is 174 Å². The van der Waals surface area contributed by atoms with E-state index in [4.69, 9.17) is 10.2 Å². The summed E-state index contributed by atoms with van der Waals surface area (Å²) < 4.78 is 5.75. The lowest BCUT2D eigenvalue weighted by Gasteiger charge is -2.14. The molecule has 1 rings (SSSR count). The summed E-state index contributed by atoms with van der Waals surface area (Å²) in [5.74, 6) is 3.81. The third kappa shape index (κ3) is 13.6. The van der Waals surface area contributed by atoms with Crippen molar-refractivity contribution in [3.05, 3.63) is 67.9 Å². The molecule has 0 aliphatic heterocycles. The molecule has 1 aromatic heterocycles. The molecular weight excluding hydrogens is 462 g/mol. The SMILES string of the molecule is CN/C(=C\[N+](=O)[O-])NCCCCCCN/C(=C\[N+](=O)[O-])NCCSCc1ccc(C(C)(C)N)o1. The van der Waals surface area contributed by atoms with Crippen LogP contribution in [0.15, 0.2) is 40.6 Å². The zero-order valence-corrected chi connectivity index (χ0v) is 20.9. The smallest absolute Gasteiger partial charge is 0.274 e. The third-order valence-electron chi connectivity index (χ3n) is 4.58. The lowest BCUT2D eigenvalue weighted by Crippen LogP contribution is -2.29. The Balaban J connectivity index is 2.19. The molecule has 0 radical (unpaired) electrons. The van der Waals surface area contributed by atoms with Gasteiger partial charge in [-0.3, -0.25) is 20.2 Å². The van der Waals surface area contributed by atoms with Gasteiger partial charge in [0.1, 0.15) is 11.5 Å². The first kappa shape index (κ1) is 29.1. The number of unbranched alkanes of at least 4 members (excludes halogenated alkanes) is 3. The van der Waals surface area contributed by atoms with Crippen molar-refractivity contribution < 1.29 is 14.3 Å². The lowest BCUT2D eigenvalue weighted by molar-refractivity contribution is -0.404. The molecule has 0 aliphatic rings. The highest BCUT2D eigenvalue weighted by Crippen LogP contribution is 2.22. The third-order valence-corrected chi connectivity index (χ3v) is 5.56. The molecule has 0 fully saturated rings. The first-order chi connectivity index (χ1) is 16.1. The molecule has 0 atom stereocenters. The van der Waals surface area contributed by atoms with Crippen molar-refractivity contribution in [1.29, 1.82) is 0 Å². The number of furan rings is 1. The Morgan fingerprint density at radius 2 is 1.56 bits per heavy atom. The fraction of sp³-hybridized carbons (Fsp3) is 0.619. The van der Waals surface area contributed by atoms with Crippen molar-refractivity contribution in [2.45, 2.75) is 50.8 Å². The molecule has 192 valence electrons. The second-order valence-corrected chi connectivity index (χ2v) is 9.25. The van der Waals surface area contributed by atoms with Gasteiger partial charge in [-0.25, -0.2) is 0 Å². The summed E-state index contributed by atoms with van der Waals surface area (Å²) in [6.07, 6.45) is 5.44. The number of nitrogens with one attached hydrogen (secondary N) is 4. The number of hydrogen-bond donors (Lipinski definition) is 5. The van der Waals surface area contributed by atoms with E-state index in [2.05, 4.69) is 21.3 Å². The van der Waals surface area contributed by atoms with Gasteiger partial charge in [-0.2, -0.15) is 11.8 Å². The number of nitrogens with two attached hydrogens (primary N) is 1. The van der Waals surface area contributed by atoms with Gasteiger partial charge in [0.15, 0.2) is 11.6 Å². The molecular formula is C21H37N7O5S. The van der Waals surface area contributed by atoms with Crippen molar-refractivity contribution in [3.8, 4) is 0 Å². The molecule has 13 heteroatoms. The molecule has 0 saturated heterocycles. The molecule has 0 aliphatic carbocycles. The molecule has 6 N–H and O–H groups in total. The van der Waals surface area contributed by atoms with Gasteiger partial charge < -0.3 is 31.4 Å². The number of rotatable bonds is 19. The van der Waals surface area contributed by atoms with E-state index in [1.54, 1.807) is 18.8 Å². The fourth-order valence-corrected chi connectivity index (χ4v) is 3.59. The first-order valence-corrected chi connectivity index (χ1v) is 12.3. The van der Waals surface area contributed by atoms with Crippen molar-refractivity contribution in [2.24, 2.45) is 5.73 Å². The van der Waals surface area contributed by atoms with Crippen molar-refractivity contribution in [1.82, 2.24) is 21.3 Å². The van der Waals surface area contributed by atoms with Crippen LogP contribution in [0.5, 0.6) is 0 Å². The highest BCUT2D eigenvalue weighted by atomic mass is 32.2. The predicted octanol–water partition coefficient (Wildman–Crippen LogP) is 2.41. The Kier molecular flexibility index (Phi) is 13.5. The maximum Gasteiger partial charge on any atom is 0.274 e. The van der Waals surface area contributed by atoms with E-state index in [0.717, 1.165) is 55.4 Å². The quantitative estimate of drug-likeness (QED) is 0.107. The van der Waals surface area contributed by atoms with E-state index in [-0.39, 0.29) is 0 Å². The Morgan fingerprint density at radius 3 is 2.09 bits per heavy atom. The van der Waals surface area contributed by atoms with E-state index in [0.29, 0.717) is 37.0 Å². The minimum atomic E-state index is -0.512. The zero-order chi connectivity index (χ0) is 25.4. The summed E-state index contributed by atoms with van der Waals surface area (Å²) in [6.45, 7) is 5.59. The minimum Gasteiger partial charge on any atom is -0.463 e. The monoisotopic (exact) mass is 499 g/mol. The van der Waals surface area contributed by atoms with Gasteiger partial charge in [0.2, 0.25) is 0 Å². The van der Waals surface area contributed by atoms with Crippen molar-refractivity contribution in [3.63, 3.8) is 0 Å². The molecule has 1 aromatic rings. The molecule has 0 spiro atoms. The summed E-state index contributed by atoms with van der Waals surface area (Å²) in [6, 6.07) is 3.81. The summed E-state index contributed by atoms with van der Waals surface area (Å²) >= 11 is 1.66. The van der Waals surface area contributed by atoms with E-state index in [1.807, 2.05) is 26.0 Å². The van der Waals surface area contributed by atoms with Crippen molar-refractivity contribution >= 4 is 11.8 Å². The maximum atomic E-state index is 10.9. The summed E-state index contributed by atoms with van der Waals surface area (Å²) in [4.78, 5) is 20.4. The molecule has 12 nitrogen and oxygen atoms in total. The Bertz CT molecular complexity index is 821. The van der Waals surface area contributed by atoms with Gasteiger partial charge in [0.05, 0.1) is 21.1 Å². The Morgan fingerprint density at radius 1 is 1.00 bits per heavy atom. The van der Waals surface area contributed by atoms with E-state index < -0.39 is 15.4 Å².